The highest BCUT2D eigenvalue weighted by molar-refractivity contribution is 9.11. The number of carbonyl (C=O) groups is 2. The van der Waals surface area contributed by atoms with Crippen LogP contribution in [-0.2, 0) is 16.0 Å². The summed E-state index contributed by atoms with van der Waals surface area (Å²) in [5.74, 6) is 0.0928. The van der Waals surface area contributed by atoms with Gasteiger partial charge in [0, 0.05) is 11.4 Å². The van der Waals surface area contributed by atoms with E-state index in [2.05, 4.69) is 21.2 Å². The van der Waals surface area contributed by atoms with Gasteiger partial charge >= 0.3 is 0 Å². The van der Waals surface area contributed by atoms with Crippen LogP contribution in [0.25, 0.3) is 0 Å². The molecule has 1 saturated heterocycles. The highest BCUT2D eigenvalue weighted by Gasteiger charge is 2.35. The van der Waals surface area contributed by atoms with Gasteiger partial charge in [-0.05, 0) is 40.4 Å². The molecule has 1 aliphatic rings. The van der Waals surface area contributed by atoms with Crippen LogP contribution in [0, 0.1) is 5.92 Å². The minimum atomic E-state index is -0.343. The molecule has 6 heteroatoms. The van der Waals surface area contributed by atoms with Crippen LogP contribution < -0.4 is 5.32 Å². The van der Waals surface area contributed by atoms with E-state index in [1.807, 2.05) is 26.0 Å². The van der Waals surface area contributed by atoms with Gasteiger partial charge in [-0.3, -0.25) is 9.59 Å². The first-order valence-electron chi connectivity index (χ1n) is 6.30. The van der Waals surface area contributed by atoms with Crippen molar-refractivity contribution in [3.05, 3.63) is 20.8 Å². The van der Waals surface area contributed by atoms with Gasteiger partial charge in [-0.2, -0.15) is 0 Å². The molecule has 0 spiro atoms. The lowest BCUT2D eigenvalue weighted by molar-refractivity contribution is -0.147. The minimum absolute atomic E-state index is 0.00826. The summed E-state index contributed by atoms with van der Waals surface area (Å²) in [6, 6.07) is 3.71. The van der Waals surface area contributed by atoms with Gasteiger partial charge in [0.05, 0.1) is 10.3 Å². The van der Waals surface area contributed by atoms with Crippen LogP contribution in [0.15, 0.2) is 15.9 Å². The predicted molar refractivity (Wildman–Crippen MR) is 79.1 cm³/mol. The monoisotopic (exact) mass is 344 g/mol. The van der Waals surface area contributed by atoms with E-state index in [0.29, 0.717) is 6.54 Å². The van der Waals surface area contributed by atoms with Crippen LogP contribution in [0.5, 0.6) is 0 Å². The molecule has 1 aromatic rings. The van der Waals surface area contributed by atoms with Crippen LogP contribution >= 0.6 is 27.3 Å². The second-order valence-corrected chi connectivity index (χ2v) is 7.50. The summed E-state index contributed by atoms with van der Waals surface area (Å²) < 4.78 is 1.09. The van der Waals surface area contributed by atoms with Gasteiger partial charge < -0.3 is 10.2 Å². The highest BCUT2D eigenvalue weighted by atomic mass is 79.9. The summed E-state index contributed by atoms with van der Waals surface area (Å²) in [7, 11) is 0. The lowest BCUT2D eigenvalue weighted by Gasteiger charge is -2.37. The first-order chi connectivity index (χ1) is 8.99. The summed E-state index contributed by atoms with van der Waals surface area (Å²) in [6.45, 7) is 4.66. The maximum absolute atomic E-state index is 12.0. The molecule has 2 rings (SSSR count). The lowest BCUT2D eigenvalue weighted by atomic mass is 9.99. The Balaban J connectivity index is 2.06. The molecule has 1 N–H and O–H groups in total. The third kappa shape index (κ3) is 3.36. The largest absolute Gasteiger partial charge is 0.345 e. The van der Waals surface area contributed by atoms with Gasteiger partial charge in [-0.25, -0.2) is 0 Å². The number of halogens is 1. The third-order valence-electron chi connectivity index (χ3n) is 3.20. The first-order valence-corrected chi connectivity index (χ1v) is 7.91. The van der Waals surface area contributed by atoms with E-state index in [1.54, 1.807) is 16.2 Å². The predicted octanol–water partition coefficient (Wildman–Crippen LogP) is 2.04. The molecule has 0 radical (unpaired) electrons. The first kappa shape index (κ1) is 14.5. The zero-order valence-electron chi connectivity index (χ0n) is 11.0. The zero-order chi connectivity index (χ0) is 14.0. The van der Waals surface area contributed by atoms with Crippen molar-refractivity contribution in [3.8, 4) is 0 Å². The van der Waals surface area contributed by atoms with Gasteiger partial charge in [0.15, 0.2) is 0 Å². The van der Waals surface area contributed by atoms with Gasteiger partial charge in [-0.1, -0.05) is 13.8 Å². The fraction of sp³-hybridized carbons (Fsp3) is 0.538. The van der Waals surface area contributed by atoms with Crippen molar-refractivity contribution in [1.82, 2.24) is 10.2 Å². The van der Waals surface area contributed by atoms with Crippen molar-refractivity contribution in [2.24, 2.45) is 5.92 Å². The maximum Gasteiger partial charge on any atom is 0.243 e. The quantitative estimate of drug-likeness (QED) is 0.908. The third-order valence-corrected chi connectivity index (χ3v) is 4.88. The van der Waals surface area contributed by atoms with Gasteiger partial charge in [0.25, 0.3) is 0 Å². The number of hydrogen-bond donors (Lipinski definition) is 1. The van der Waals surface area contributed by atoms with Crippen LogP contribution in [0.3, 0.4) is 0 Å². The van der Waals surface area contributed by atoms with Crippen molar-refractivity contribution in [1.29, 1.82) is 0 Å². The minimum Gasteiger partial charge on any atom is -0.345 e. The molecule has 1 fully saturated rings. The Morgan fingerprint density at radius 1 is 1.47 bits per heavy atom. The highest BCUT2D eigenvalue weighted by Crippen LogP contribution is 2.23. The molecule has 2 heterocycles. The molecule has 0 bridgehead atoms. The number of nitrogens with zero attached hydrogens (tertiary/aromatic N) is 1. The summed E-state index contributed by atoms with van der Waals surface area (Å²) in [4.78, 5) is 26.8. The Kier molecular flexibility index (Phi) is 4.62. The molecule has 0 aliphatic carbocycles. The van der Waals surface area contributed by atoms with E-state index < -0.39 is 0 Å². The molecule has 19 heavy (non-hydrogen) atoms. The van der Waals surface area contributed by atoms with Crippen LogP contribution in [0.1, 0.15) is 18.7 Å². The summed E-state index contributed by atoms with van der Waals surface area (Å²) in [6.07, 6.45) is 0.790. The van der Waals surface area contributed by atoms with Crippen LogP contribution in [0.4, 0.5) is 0 Å². The Morgan fingerprint density at radius 3 is 2.79 bits per heavy atom. The fourth-order valence-electron chi connectivity index (χ4n) is 2.31. The normalized spacial score (nSPS) is 20.0. The average molecular weight is 345 g/mol. The van der Waals surface area contributed by atoms with Crippen molar-refractivity contribution >= 4 is 39.1 Å². The molecule has 104 valence electrons. The van der Waals surface area contributed by atoms with E-state index in [0.717, 1.165) is 10.2 Å². The molecule has 0 aromatic carbocycles. The van der Waals surface area contributed by atoms with Crippen LogP contribution in [0.2, 0.25) is 0 Å². The van der Waals surface area contributed by atoms with Gasteiger partial charge in [0.2, 0.25) is 11.8 Å². The summed E-state index contributed by atoms with van der Waals surface area (Å²) >= 11 is 5.09. The Bertz CT molecular complexity index is 487. The van der Waals surface area contributed by atoms with E-state index in [9.17, 15) is 9.59 Å². The van der Waals surface area contributed by atoms with E-state index >= 15 is 0 Å². The molecule has 1 atom stereocenters. The number of hydrogen-bond acceptors (Lipinski definition) is 3. The molecular formula is C13H17BrN2O2S. The Hall–Kier alpha value is -0.880. The van der Waals surface area contributed by atoms with Gasteiger partial charge in [0.1, 0.15) is 6.04 Å². The number of rotatable bonds is 4. The van der Waals surface area contributed by atoms with Crippen molar-refractivity contribution < 1.29 is 9.59 Å². The van der Waals surface area contributed by atoms with E-state index in [4.69, 9.17) is 0 Å². The van der Waals surface area contributed by atoms with Crippen molar-refractivity contribution in [3.63, 3.8) is 0 Å². The smallest absolute Gasteiger partial charge is 0.243 e. The SMILES string of the molecule is CC(C)C1C(=O)NCC(=O)N1CCc1ccc(Br)s1. The fourth-order valence-corrected chi connectivity index (χ4v) is 3.78. The summed E-state index contributed by atoms with van der Waals surface area (Å²) in [5.41, 5.74) is 0. The Labute approximate surface area is 125 Å². The van der Waals surface area contributed by atoms with E-state index in [1.165, 1.54) is 4.88 Å². The zero-order valence-corrected chi connectivity index (χ0v) is 13.4. The molecule has 0 saturated carbocycles. The van der Waals surface area contributed by atoms with Gasteiger partial charge in [-0.15, -0.1) is 11.3 Å². The van der Waals surface area contributed by atoms with E-state index in [-0.39, 0.29) is 30.3 Å². The summed E-state index contributed by atoms with van der Waals surface area (Å²) in [5, 5.41) is 2.66. The molecule has 1 aliphatic heterocycles. The lowest BCUT2D eigenvalue weighted by Crippen LogP contribution is -2.60. The number of piperazine rings is 1. The molecular weight excluding hydrogens is 328 g/mol. The molecule has 4 nitrogen and oxygen atoms in total. The average Bonchev–Trinajstić information content (AvgIpc) is 2.75. The maximum atomic E-state index is 12.0. The molecule has 1 unspecified atom stereocenters. The second kappa shape index (κ2) is 6.05. The standard InChI is InChI=1S/C13H17BrN2O2S/c1-8(2)12-13(18)15-7-11(17)16(12)6-5-9-3-4-10(14)19-9/h3-4,8,12H,5-7H2,1-2H3,(H,15,18). The topological polar surface area (TPSA) is 49.4 Å². The number of carbonyl (C=O) groups excluding carboxylic acids is 2. The van der Waals surface area contributed by atoms with Crippen LogP contribution in [-0.4, -0.2) is 35.8 Å². The second-order valence-electron chi connectivity index (χ2n) is 4.95. The van der Waals surface area contributed by atoms with Crippen molar-refractivity contribution in [2.45, 2.75) is 26.3 Å². The number of thiophene rings is 1. The number of amides is 2. The molecule has 2 amide bonds. The van der Waals surface area contributed by atoms with Crippen molar-refractivity contribution in [2.75, 3.05) is 13.1 Å². The molecule has 1 aromatic heterocycles. The Morgan fingerprint density at radius 2 is 2.21 bits per heavy atom. The number of nitrogens with one attached hydrogen (secondary N) is 1.